The summed E-state index contributed by atoms with van der Waals surface area (Å²) >= 11 is 2.68. The molecule has 8 nitrogen and oxygen atoms in total. The van der Waals surface area contributed by atoms with Crippen molar-refractivity contribution in [2.24, 2.45) is 0 Å². The Morgan fingerprint density at radius 2 is 1.84 bits per heavy atom. The molecule has 4 heterocycles. The first-order valence-corrected chi connectivity index (χ1v) is 11.3. The van der Waals surface area contributed by atoms with Crippen molar-refractivity contribution >= 4 is 39.9 Å². The summed E-state index contributed by atoms with van der Waals surface area (Å²) in [6.45, 7) is 0. The second kappa shape index (κ2) is 8.48. The Hall–Kier alpha value is -3.63. The number of amides is 1. The number of anilines is 1. The molecule has 0 spiro atoms. The smallest absolute Gasteiger partial charge is 0.296 e. The summed E-state index contributed by atoms with van der Waals surface area (Å²) in [5.74, 6) is -1.01. The van der Waals surface area contributed by atoms with E-state index in [0.29, 0.717) is 15.9 Å². The maximum Gasteiger partial charge on any atom is 0.296 e. The molecule has 0 unspecified atom stereocenters. The quantitative estimate of drug-likeness (QED) is 0.235. The third-order valence-corrected chi connectivity index (χ3v) is 6.94. The van der Waals surface area contributed by atoms with Crippen LogP contribution in [0.4, 0.5) is 5.13 Å². The Morgan fingerprint density at radius 3 is 2.56 bits per heavy atom. The van der Waals surface area contributed by atoms with E-state index in [1.165, 1.54) is 46.6 Å². The minimum absolute atomic E-state index is 0.00845. The number of benzene rings is 1. The Kier molecular flexibility index (Phi) is 5.38. The van der Waals surface area contributed by atoms with E-state index in [0.717, 1.165) is 5.56 Å². The van der Waals surface area contributed by atoms with E-state index in [1.54, 1.807) is 18.2 Å². The van der Waals surface area contributed by atoms with E-state index < -0.39 is 23.5 Å². The highest BCUT2D eigenvalue weighted by Gasteiger charge is 2.48. The molecule has 0 saturated heterocycles. The predicted octanol–water partition coefficient (Wildman–Crippen LogP) is 4.80. The molecule has 5 rings (SSSR count). The summed E-state index contributed by atoms with van der Waals surface area (Å²) in [4.78, 5) is 27.3. The maximum atomic E-state index is 13.0. The highest BCUT2D eigenvalue weighted by Crippen LogP contribution is 2.44. The molecule has 0 fully saturated rings. The minimum atomic E-state index is -0.991. The second-order valence-electron chi connectivity index (χ2n) is 6.79. The second-order valence-corrected chi connectivity index (χ2v) is 8.97. The Morgan fingerprint density at radius 1 is 1.06 bits per heavy atom. The number of nitrogens with zero attached hydrogens (tertiary/aromatic N) is 3. The number of Topliss-reactive ketones (excluding diaryl/α,β-unsaturated/α-hetero) is 1. The molecule has 1 atom stereocenters. The molecule has 10 heteroatoms. The fourth-order valence-electron chi connectivity index (χ4n) is 3.37. The molecular formula is C22H15N3O5S2. The van der Waals surface area contributed by atoms with Gasteiger partial charge < -0.3 is 13.9 Å². The summed E-state index contributed by atoms with van der Waals surface area (Å²) in [6, 6.07) is 15.2. The van der Waals surface area contributed by atoms with Gasteiger partial charge in [-0.2, -0.15) is 0 Å². The molecule has 32 heavy (non-hydrogen) atoms. The normalized spacial score (nSPS) is 16.2. The van der Waals surface area contributed by atoms with Gasteiger partial charge in [0.05, 0.1) is 18.1 Å². The number of aliphatic hydroxyl groups is 1. The SMILES string of the molecule is O=C(C1=C(O)C(=O)N(c2nnc(SCc3ccccc3)s2)[C@H]1c1ccco1)c1ccco1. The zero-order chi connectivity index (χ0) is 22.1. The van der Waals surface area contributed by atoms with Crippen LogP contribution in [0.25, 0.3) is 0 Å². The molecule has 1 aromatic carbocycles. The van der Waals surface area contributed by atoms with Gasteiger partial charge in [0, 0.05) is 5.75 Å². The van der Waals surface area contributed by atoms with Crippen LogP contribution in [0.5, 0.6) is 0 Å². The van der Waals surface area contributed by atoms with Crippen LogP contribution in [0.15, 0.2) is 91.6 Å². The minimum Gasteiger partial charge on any atom is -0.503 e. The molecule has 3 aromatic heterocycles. The van der Waals surface area contributed by atoms with Crippen LogP contribution in [0.2, 0.25) is 0 Å². The molecule has 4 aromatic rings. The van der Waals surface area contributed by atoms with E-state index in [-0.39, 0.29) is 16.5 Å². The van der Waals surface area contributed by atoms with Gasteiger partial charge in [-0.25, -0.2) is 0 Å². The number of carbonyl (C=O) groups excluding carboxylic acids is 2. The summed E-state index contributed by atoms with van der Waals surface area (Å²) in [5, 5.41) is 19.2. The van der Waals surface area contributed by atoms with E-state index >= 15 is 0 Å². The fraction of sp³-hybridized carbons (Fsp3) is 0.0909. The number of thioether (sulfide) groups is 1. The van der Waals surface area contributed by atoms with Crippen molar-refractivity contribution in [3.8, 4) is 0 Å². The van der Waals surface area contributed by atoms with Crippen molar-refractivity contribution < 1.29 is 23.5 Å². The topological polar surface area (TPSA) is 110 Å². The first-order valence-electron chi connectivity index (χ1n) is 9.52. The van der Waals surface area contributed by atoms with Gasteiger partial charge in [0.1, 0.15) is 11.8 Å². The average molecular weight is 466 g/mol. The number of aliphatic hydroxyl groups excluding tert-OH is 1. The van der Waals surface area contributed by atoms with Crippen LogP contribution >= 0.6 is 23.1 Å². The van der Waals surface area contributed by atoms with Crippen molar-refractivity contribution in [3.63, 3.8) is 0 Å². The molecule has 1 amide bonds. The number of furan rings is 2. The molecule has 0 aliphatic carbocycles. The lowest BCUT2D eigenvalue weighted by Crippen LogP contribution is -2.30. The third-order valence-electron chi connectivity index (χ3n) is 4.82. The molecule has 0 bridgehead atoms. The monoisotopic (exact) mass is 465 g/mol. The lowest BCUT2D eigenvalue weighted by atomic mass is 10.00. The van der Waals surface area contributed by atoms with Crippen molar-refractivity contribution in [2.75, 3.05) is 4.90 Å². The molecule has 1 aliphatic rings. The van der Waals surface area contributed by atoms with Crippen LogP contribution in [0.1, 0.15) is 27.9 Å². The standard InChI is InChI=1S/C22H15N3O5S2/c26-18(15-9-5-11-30-15)16-17(14-8-4-10-29-14)25(20(28)19(16)27)21-23-24-22(32-21)31-12-13-6-2-1-3-7-13/h1-11,17,27H,12H2/t17-/m0/s1. The van der Waals surface area contributed by atoms with Gasteiger partial charge >= 0.3 is 0 Å². The fourth-order valence-corrected chi connectivity index (χ4v) is 5.19. The van der Waals surface area contributed by atoms with Crippen molar-refractivity contribution in [2.45, 2.75) is 16.1 Å². The summed E-state index contributed by atoms with van der Waals surface area (Å²) in [5.41, 5.74) is 0.999. The number of aromatic nitrogens is 2. The van der Waals surface area contributed by atoms with Crippen LogP contribution < -0.4 is 4.90 Å². The molecule has 160 valence electrons. The Labute approximate surface area is 190 Å². The zero-order valence-electron chi connectivity index (χ0n) is 16.4. The van der Waals surface area contributed by atoms with Gasteiger partial charge in [0.2, 0.25) is 10.9 Å². The first-order chi connectivity index (χ1) is 15.6. The van der Waals surface area contributed by atoms with Gasteiger partial charge in [-0.1, -0.05) is 53.4 Å². The van der Waals surface area contributed by atoms with Gasteiger partial charge in [0.15, 0.2) is 15.9 Å². The molecule has 1 N–H and O–H groups in total. The van der Waals surface area contributed by atoms with E-state index in [2.05, 4.69) is 10.2 Å². The van der Waals surface area contributed by atoms with Crippen LogP contribution in [-0.2, 0) is 10.5 Å². The highest BCUT2D eigenvalue weighted by molar-refractivity contribution is 8.00. The number of rotatable bonds is 7. The van der Waals surface area contributed by atoms with Crippen LogP contribution in [0, 0.1) is 0 Å². The maximum absolute atomic E-state index is 13.0. The zero-order valence-corrected chi connectivity index (χ0v) is 18.0. The van der Waals surface area contributed by atoms with Gasteiger partial charge in [-0.15, -0.1) is 10.2 Å². The van der Waals surface area contributed by atoms with Gasteiger partial charge in [0.25, 0.3) is 5.91 Å². The lowest BCUT2D eigenvalue weighted by Gasteiger charge is -2.21. The summed E-state index contributed by atoms with van der Waals surface area (Å²) < 4.78 is 11.3. The van der Waals surface area contributed by atoms with Crippen molar-refractivity contribution in [1.29, 1.82) is 0 Å². The van der Waals surface area contributed by atoms with Crippen LogP contribution in [-0.4, -0.2) is 27.0 Å². The average Bonchev–Trinajstić information content (AvgIpc) is 3.61. The van der Waals surface area contributed by atoms with Crippen molar-refractivity contribution in [3.05, 3.63) is 95.5 Å². The molecule has 0 radical (unpaired) electrons. The molecule has 0 saturated carbocycles. The Bertz CT molecular complexity index is 1280. The summed E-state index contributed by atoms with van der Waals surface area (Å²) in [6.07, 6.45) is 2.78. The van der Waals surface area contributed by atoms with E-state index in [4.69, 9.17) is 8.83 Å². The number of ketones is 1. The largest absolute Gasteiger partial charge is 0.503 e. The number of hydrogen-bond donors (Lipinski definition) is 1. The number of hydrogen-bond acceptors (Lipinski definition) is 9. The highest BCUT2D eigenvalue weighted by atomic mass is 32.2. The predicted molar refractivity (Wildman–Crippen MR) is 118 cm³/mol. The van der Waals surface area contributed by atoms with E-state index in [1.807, 2.05) is 30.3 Å². The first kappa shape index (κ1) is 20.3. The van der Waals surface area contributed by atoms with Gasteiger partial charge in [-0.05, 0) is 29.8 Å². The summed E-state index contributed by atoms with van der Waals surface area (Å²) in [7, 11) is 0. The molecule has 1 aliphatic heterocycles. The van der Waals surface area contributed by atoms with Gasteiger partial charge in [-0.3, -0.25) is 14.5 Å². The molecular weight excluding hydrogens is 450 g/mol. The van der Waals surface area contributed by atoms with E-state index in [9.17, 15) is 14.7 Å². The van der Waals surface area contributed by atoms with Crippen molar-refractivity contribution in [1.82, 2.24) is 10.2 Å². The lowest BCUT2D eigenvalue weighted by molar-refractivity contribution is -0.117. The number of carbonyl (C=O) groups is 2. The third kappa shape index (κ3) is 3.63. The Balaban J connectivity index is 1.47. The van der Waals surface area contributed by atoms with Crippen LogP contribution in [0.3, 0.4) is 0 Å².